The first-order valence-electron chi connectivity index (χ1n) is 7.09. The molecule has 0 fully saturated rings. The molecule has 118 valence electrons. The van der Waals surface area contributed by atoms with Gasteiger partial charge in [0.15, 0.2) is 5.82 Å². The van der Waals surface area contributed by atoms with E-state index in [1.54, 1.807) is 4.68 Å². The molecule has 2 heterocycles. The van der Waals surface area contributed by atoms with Gasteiger partial charge in [-0.15, -0.1) is 0 Å². The predicted molar refractivity (Wildman–Crippen MR) is 88.1 cm³/mol. The van der Waals surface area contributed by atoms with Gasteiger partial charge in [-0.1, -0.05) is 23.8 Å². The zero-order valence-corrected chi connectivity index (χ0v) is 13.9. The van der Waals surface area contributed by atoms with Crippen LogP contribution in [0.1, 0.15) is 11.3 Å². The highest BCUT2D eigenvalue weighted by atomic mass is 32.1. The number of carbonyl (C=O) groups is 1. The molecular formula is C16H16N4O2S. The molecule has 7 heteroatoms. The Balaban J connectivity index is 1.96. The van der Waals surface area contributed by atoms with Gasteiger partial charge >= 0.3 is 5.97 Å². The van der Waals surface area contributed by atoms with Gasteiger partial charge in [-0.05, 0) is 37.5 Å². The first-order valence-corrected chi connectivity index (χ1v) is 7.86. The zero-order chi connectivity index (χ0) is 16.4. The second-order valence-electron chi connectivity index (χ2n) is 5.20. The van der Waals surface area contributed by atoms with Crippen LogP contribution in [0.25, 0.3) is 22.1 Å². The molecule has 6 nitrogen and oxygen atoms in total. The van der Waals surface area contributed by atoms with Crippen molar-refractivity contribution in [2.24, 2.45) is 0 Å². The molecule has 0 amide bonds. The summed E-state index contributed by atoms with van der Waals surface area (Å²) in [7, 11) is 1.36. The third-order valence-electron chi connectivity index (χ3n) is 3.33. The highest BCUT2D eigenvalue weighted by Gasteiger charge is 2.16. The van der Waals surface area contributed by atoms with Gasteiger partial charge in [-0.2, -0.15) is 9.47 Å². The molecule has 23 heavy (non-hydrogen) atoms. The molecular weight excluding hydrogens is 312 g/mol. The average molecular weight is 328 g/mol. The van der Waals surface area contributed by atoms with Crippen molar-refractivity contribution in [3.63, 3.8) is 0 Å². The van der Waals surface area contributed by atoms with Crippen LogP contribution in [-0.2, 0) is 16.1 Å². The molecule has 0 N–H and O–H groups in total. The largest absolute Gasteiger partial charge is 0.468 e. The van der Waals surface area contributed by atoms with Crippen LogP contribution >= 0.6 is 11.5 Å². The van der Waals surface area contributed by atoms with Gasteiger partial charge in [-0.25, -0.2) is 4.98 Å². The minimum Gasteiger partial charge on any atom is -0.468 e. The number of hydrogen-bond acceptors (Lipinski definition) is 6. The summed E-state index contributed by atoms with van der Waals surface area (Å²) in [6, 6.07) is 9.98. The van der Waals surface area contributed by atoms with E-state index < -0.39 is 0 Å². The number of aryl methyl sites for hydroxylation is 2. The van der Waals surface area contributed by atoms with Crippen LogP contribution in [-0.4, -0.2) is 32.2 Å². The van der Waals surface area contributed by atoms with Crippen molar-refractivity contribution in [2.45, 2.75) is 20.4 Å². The monoisotopic (exact) mass is 328 g/mol. The van der Waals surface area contributed by atoms with Crippen molar-refractivity contribution < 1.29 is 9.53 Å². The van der Waals surface area contributed by atoms with Gasteiger partial charge in [0.1, 0.15) is 17.2 Å². The molecule has 0 aliphatic carbocycles. The van der Waals surface area contributed by atoms with Crippen molar-refractivity contribution in [2.75, 3.05) is 7.11 Å². The van der Waals surface area contributed by atoms with E-state index in [1.807, 2.05) is 38.1 Å². The van der Waals surface area contributed by atoms with Crippen molar-refractivity contribution in [1.82, 2.24) is 19.1 Å². The average Bonchev–Trinajstić information content (AvgIpc) is 3.14. The van der Waals surface area contributed by atoms with Gasteiger partial charge in [0, 0.05) is 5.56 Å². The Morgan fingerprint density at radius 3 is 2.87 bits per heavy atom. The minimum atomic E-state index is -0.358. The van der Waals surface area contributed by atoms with E-state index in [2.05, 4.69) is 20.5 Å². The lowest BCUT2D eigenvalue weighted by molar-refractivity contribution is -0.141. The number of ether oxygens (including phenoxy) is 1. The minimum absolute atomic E-state index is 0.0403. The Hall–Kier alpha value is -2.54. The standard InChI is InChI=1S/C16H16N4O2S/c1-10-5-4-6-12(7-10)16-17-15(19-23-16)13-8-11(2)18-20(13)9-14(21)22-3/h4-8H,9H2,1-3H3. The smallest absolute Gasteiger partial charge is 0.327 e. The van der Waals surface area contributed by atoms with Crippen molar-refractivity contribution in [3.8, 4) is 22.1 Å². The fourth-order valence-electron chi connectivity index (χ4n) is 2.26. The van der Waals surface area contributed by atoms with E-state index in [1.165, 1.54) is 24.2 Å². The van der Waals surface area contributed by atoms with Crippen LogP contribution in [0.3, 0.4) is 0 Å². The van der Waals surface area contributed by atoms with Gasteiger partial charge in [0.2, 0.25) is 0 Å². The van der Waals surface area contributed by atoms with E-state index in [0.29, 0.717) is 11.5 Å². The Morgan fingerprint density at radius 1 is 1.30 bits per heavy atom. The van der Waals surface area contributed by atoms with Crippen LogP contribution < -0.4 is 0 Å². The first-order chi connectivity index (χ1) is 11.1. The molecule has 3 aromatic rings. The fraction of sp³-hybridized carbons (Fsp3) is 0.250. The van der Waals surface area contributed by atoms with Gasteiger partial charge in [-0.3, -0.25) is 9.48 Å². The van der Waals surface area contributed by atoms with Crippen LogP contribution in [0.2, 0.25) is 0 Å². The van der Waals surface area contributed by atoms with Crippen LogP contribution in [0.15, 0.2) is 30.3 Å². The number of benzene rings is 1. The summed E-state index contributed by atoms with van der Waals surface area (Å²) in [5, 5.41) is 5.15. The molecule has 0 atom stereocenters. The van der Waals surface area contributed by atoms with Gasteiger partial charge in [0.25, 0.3) is 0 Å². The SMILES string of the molecule is COC(=O)Cn1nc(C)cc1-c1nsc(-c2cccc(C)c2)n1. The molecule has 0 aliphatic heterocycles. The second-order valence-corrected chi connectivity index (χ2v) is 5.95. The lowest BCUT2D eigenvalue weighted by Gasteiger charge is -2.03. The maximum Gasteiger partial charge on any atom is 0.327 e. The first kappa shape index (κ1) is 15.4. The van der Waals surface area contributed by atoms with Crippen molar-refractivity contribution in [1.29, 1.82) is 0 Å². The molecule has 0 unspecified atom stereocenters. The third kappa shape index (κ3) is 3.29. The van der Waals surface area contributed by atoms with Gasteiger partial charge in [0.05, 0.1) is 12.8 Å². The lowest BCUT2D eigenvalue weighted by Crippen LogP contribution is -2.14. The number of rotatable bonds is 4. The Kier molecular flexibility index (Phi) is 4.20. The Bertz CT molecular complexity index is 853. The van der Waals surface area contributed by atoms with Crippen molar-refractivity contribution >= 4 is 17.5 Å². The molecule has 1 aromatic carbocycles. The topological polar surface area (TPSA) is 69.9 Å². The summed E-state index contributed by atoms with van der Waals surface area (Å²) in [5.74, 6) is 0.208. The number of nitrogens with zero attached hydrogens (tertiary/aromatic N) is 4. The van der Waals surface area contributed by atoms with E-state index in [0.717, 1.165) is 16.3 Å². The molecule has 0 spiro atoms. The summed E-state index contributed by atoms with van der Waals surface area (Å²) in [5.41, 5.74) is 3.72. The Morgan fingerprint density at radius 2 is 2.13 bits per heavy atom. The molecule has 0 aliphatic rings. The van der Waals surface area contributed by atoms with E-state index >= 15 is 0 Å². The number of hydrogen-bond donors (Lipinski definition) is 0. The number of aromatic nitrogens is 4. The van der Waals surface area contributed by atoms with Crippen LogP contribution in [0.5, 0.6) is 0 Å². The number of esters is 1. The summed E-state index contributed by atoms with van der Waals surface area (Å²) in [4.78, 5) is 16.1. The molecule has 0 radical (unpaired) electrons. The number of methoxy groups -OCH3 is 1. The summed E-state index contributed by atoms with van der Waals surface area (Å²) < 4.78 is 10.7. The van der Waals surface area contributed by atoms with Crippen molar-refractivity contribution in [3.05, 3.63) is 41.6 Å². The van der Waals surface area contributed by atoms with E-state index in [4.69, 9.17) is 4.74 Å². The second kappa shape index (κ2) is 6.29. The van der Waals surface area contributed by atoms with E-state index in [9.17, 15) is 4.79 Å². The number of carbonyl (C=O) groups excluding carboxylic acids is 1. The normalized spacial score (nSPS) is 10.7. The zero-order valence-electron chi connectivity index (χ0n) is 13.1. The highest BCUT2D eigenvalue weighted by molar-refractivity contribution is 7.09. The molecule has 0 bridgehead atoms. The maximum atomic E-state index is 11.5. The summed E-state index contributed by atoms with van der Waals surface area (Å²) >= 11 is 1.33. The lowest BCUT2D eigenvalue weighted by atomic mass is 10.1. The van der Waals surface area contributed by atoms with Crippen LogP contribution in [0.4, 0.5) is 0 Å². The quantitative estimate of drug-likeness (QED) is 0.689. The fourth-order valence-corrected chi connectivity index (χ4v) is 2.92. The predicted octanol–water partition coefficient (Wildman–Crippen LogP) is 2.86. The maximum absolute atomic E-state index is 11.5. The van der Waals surface area contributed by atoms with Crippen LogP contribution in [0, 0.1) is 13.8 Å². The molecule has 2 aromatic heterocycles. The molecule has 0 saturated heterocycles. The third-order valence-corrected chi connectivity index (χ3v) is 4.09. The Labute approximate surface area is 137 Å². The van der Waals surface area contributed by atoms with E-state index in [-0.39, 0.29) is 12.5 Å². The summed E-state index contributed by atoms with van der Waals surface area (Å²) in [6.07, 6.45) is 0. The molecule has 0 saturated carbocycles. The summed E-state index contributed by atoms with van der Waals surface area (Å²) in [6.45, 7) is 3.95. The highest BCUT2D eigenvalue weighted by Crippen LogP contribution is 2.26. The molecule has 3 rings (SSSR count). The van der Waals surface area contributed by atoms with Gasteiger partial charge < -0.3 is 4.74 Å².